The predicted octanol–water partition coefficient (Wildman–Crippen LogP) is 3.98. The zero-order valence-electron chi connectivity index (χ0n) is 15.1. The van der Waals surface area contributed by atoms with Crippen molar-refractivity contribution in [3.05, 3.63) is 12.7 Å². The van der Waals surface area contributed by atoms with Gasteiger partial charge in [-0.1, -0.05) is 26.8 Å². The van der Waals surface area contributed by atoms with Crippen molar-refractivity contribution >= 4 is 12.1 Å². The molecule has 1 amide bonds. The van der Waals surface area contributed by atoms with Crippen molar-refractivity contribution in [2.75, 3.05) is 0 Å². The minimum atomic E-state index is -1.03. The summed E-state index contributed by atoms with van der Waals surface area (Å²) in [6.07, 6.45) is 7.84. The number of nitrogens with one attached hydrogen (secondary N) is 1. The summed E-state index contributed by atoms with van der Waals surface area (Å²) in [6.45, 7) is 9.14. The number of allylic oxidation sites excluding steroid dienone is 1. The highest BCUT2D eigenvalue weighted by Gasteiger charge is 2.49. The van der Waals surface area contributed by atoms with Crippen LogP contribution in [0.3, 0.4) is 0 Å². The Morgan fingerprint density at radius 2 is 2.00 bits per heavy atom. The number of aliphatic carboxylic acids is 1. The van der Waals surface area contributed by atoms with Crippen LogP contribution in [0.4, 0.5) is 4.79 Å². The number of carboxylic acid groups (broad SMARTS) is 1. The maximum absolute atomic E-state index is 12.3. The molecule has 5 atom stereocenters. The first-order chi connectivity index (χ1) is 11.2. The third-order valence-electron chi connectivity index (χ3n) is 5.57. The number of rotatable bonds is 7. The molecule has 2 rings (SSSR count). The highest BCUT2D eigenvalue weighted by molar-refractivity contribution is 5.80. The van der Waals surface area contributed by atoms with Crippen molar-refractivity contribution in [2.24, 2.45) is 23.2 Å². The first-order valence-corrected chi connectivity index (χ1v) is 9.05. The van der Waals surface area contributed by atoms with E-state index in [1.165, 1.54) is 6.42 Å². The maximum Gasteiger partial charge on any atom is 0.408 e. The number of fused-ring (bicyclic) bond motifs is 2. The Morgan fingerprint density at radius 1 is 1.33 bits per heavy atom. The van der Waals surface area contributed by atoms with Crippen LogP contribution in [0.2, 0.25) is 0 Å². The van der Waals surface area contributed by atoms with E-state index in [4.69, 9.17) is 4.74 Å². The van der Waals surface area contributed by atoms with Gasteiger partial charge in [-0.3, -0.25) is 0 Å². The molecular formula is C19H31NO4. The first kappa shape index (κ1) is 18.8. The van der Waals surface area contributed by atoms with Gasteiger partial charge in [0.25, 0.3) is 0 Å². The fraction of sp³-hybridized carbons (Fsp3) is 0.789. The molecular weight excluding hydrogens is 306 g/mol. The maximum atomic E-state index is 12.3. The lowest BCUT2D eigenvalue weighted by Gasteiger charge is -2.32. The summed E-state index contributed by atoms with van der Waals surface area (Å²) in [6, 6.07) is -0.956. The third kappa shape index (κ3) is 4.31. The van der Waals surface area contributed by atoms with Crippen LogP contribution in [0.5, 0.6) is 0 Å². The van der Waals surface area contributed by atoms with Gasteiger partial charge < -0.3 is 15.2 Å². The topological polar surface area (TPSA) is 75.6 Å². The minimum absolute atomic E-state index is 0.0667. The molecule has 0 radical (unpaired) electrons. The van der Waals surface area contributed by atoms with Gasteiger partial charge >= 0.3 is 12.1 Å². The highest BCUT2D eigenvalue weighted by Crippen LogP contribution is 2.51. The molecule has 0 unspecified atom stereocenters. The van der Waals surface area contributed by atoms with E-state index >= 15 is 0 Å². The number of hydrogen-bond acceptors (Lipinski definition) is 3. The number of ether oxygens (including phenoxy) is 1. The summed E-state index contributed by atoms with van der Waals surface area (Å²) in [5.41, 5.74) is -0.567. The molecule has 2 fully saturated rings. The number of carbonyl (C=O) groups is 2. The van der Waals surface area contributed by atoms with Crippen LogP contribution in [0.1, 0.15) is 59.3 Å². The van der Waals surface area contributed by atoms with Crippen LogP contribution < -0.4 is 5.32 Å². The van der Waals surface area contributed by atoms with Gasteiger partial charge in [0.15, 0.2) is 0 Å². The van der Waals surface area contributed by atoms with Crippen molar-refractivity contribution < 1.29 is 19.4 Å². The van der Waals surface area contributed by atoms with Gasteiger partial charge in [0.2, 0.25) is 0 Å². The zero-order chi connectivity index (χ0) is 17.9. The van der Waals surface area contributed by atoms with Gasteiger partial charge in [-0.15, -0.1) is 6.58 Å². The molecule has 0 aromatic rings. The monoisotopic (exact) mass is 337 g/mol. The molecule has 2 aliphatic carbocycles. The Kier molecular flexibility index (Phi) is 5.94. The molecule has 2 aliphatic rings. The van der Waals surface area contributed by atoms with Gasteiger partial charge in [-0.05, 0) is 61.7 Å². The molecule has 5 nitrogen and oxygen atoms in total. The molecule has 2 N–H and O–H groups in total. The Hall–Kier alpha value is -1.52. The third-order valence-corrected chi connectivity index (χ3v) is 5.57. The Morgan fingerprint density at radius 3 is 2.58 bits per heavy atom. The van der Waals surface area contributed by atoms with E-state index in [2.05, 4.69) is 11.9 Å². The lowest BCUT2D eigenvalue weighted by molar-refractivity contribution is -0.142. The molecule has 24 heavy (non-hydrogen) atoms. The van der Waals surface area contributed by atoms with E-state index in [0.717, 1.165) is 32.1 Å². The van der Waals surface area contributed by atoms with Crippen molar-refractivity contribution in [1.82, 2.24) is 5.32 Å². The summed E-state index contributed by atoms with van der Waals surface area (Å²) >= 11 is 0. The number of unbranched alkanes of at least 4 members (excludes halogenated alkanes) is 1. The number of alkyl carbamates (subject to hydrolysis) is 1. The minimum Gasteiger partial charge on any atom is -0.480 e. The lowest BCUT2D eigenvalue weighted by Crippen LogP contribution is -2.50. The molecule has 2 saturated carbocycles. The highest BCUT2D eigenvalue weighted by atomic mass is 16.6. The van der Waals surface area contributed by atoms with E-state index < -0.39 is 23.5 Å². The van der Waals surface area contributed by atoms with Crippen LogP contribution in [-0.4, -0.2) is 29.3 Å². The predicted molar refractivity (Wildman–Crippen MR) is 92.7 cm³/mol. The quantitative estimate of drug-likeness (QED) is 0.544. The molecule has 0 heterocycles. The average molecular weight is 337 g/mol. The number of carbonyl (C=O) groups excluding carboxylic acids is 1. The van der Waals surface area contributed by atoms with E-state index in [9.17, 15) is 14.7 Å². The van der Waals surface area contributed by atoms with Crippen molar-refractivity contribution in [3.63, 3.8) is 0 Å². The molecule has 0 saturated heterocycles. The first-order valence-electron chi connectivity index (χ1n) is 9.05. The smallest absolute Gasteiger partial charge is 0.408 e. The van der Waals surface area contributed by atoms with Crippen LogP contribution >= 0.6 is 0 Å². The molecule has 5 heteroatoms. The van der Waals surface area contributed by atoms with Crippen molar-refractivity contribution in [1.29, 1.82) is 0 Å². The number of hydrogen-bond donors (Lipinski definition) is 2. The Labute approximate surface area is 144 Å². The lowest BCUT2D eigenvalue weighted by atomic mass is 9.83. The molecule has 136 valence electrons. The van der Waals surface area contributed by atoms with Crippen molar-refractivity contribution in [2.45, 2.75) is 71.4 Å². The summed E-state index contributed by atoms with van der Waals surface area (Å²) in [7, 11) is 0. The van der Waals surface area contributed by atoms with E-state index in [1.54, 1.807) is 20.8 Å². The van der Waals surface area contributed by atoms with Crippen LogP contribution in [0.25, 0.3) is 0 Å². The Balaban J connectivity index is 1.96. The number of amides is 1. The van der Waals surface area contributed by atoms with Gasteiger partial charge in [0.05, 0.1) is 0 Å². The molecule has 0 spiro atoms. The van der Waals surface area contributed by atoms with Crippen LogP contribution in [-0.2, 0) is 9.53 Å². The van der Waals surface area contributed by atoms with Crippen LogP contribution in [0.15, 0.2) is 12.7 Å². The molecule has 2 bridgehead atoms. The second-order valence-electron chi connectivity index (χ2n) is 8.37. The fourth-order valence-corrected chi connectivity index (χ4v) is 4.36. The van der Waals surface area contributed by atoms with E-state index in [-0.39, 0.29) is 6.10 Å². The second-order valence-corrected chi connectivity index (χ2v) is 8.37. The SMILES string of the molecule is C=CCCC[C@@H]1[C@@H]2CC[C@@H](C2)[C@H]1OC(=O)N[C@H](C(=O)O)C(C)(C)C. The Bertz CT molecular complexity index is 482. The van der Waals surface area contributed by atoms with Gasteiger partial charge in [0, 0.05) is 0 Å². The van der Waals surface area contributed by atoms with Gasteiger partial charge in [0.1, 0.15) is 12.1 Å². The summed E-state index contributed by atoms with van der Waals surface area (Å²) < 4.78 is 5.73. The summed E-state index contributed by atoms with van der Waals surface area (Å²) in [5.74, 6) is 0.463. The largest absolute Gasteiger partial charge is 0.480 e. The van der Waals surface area contributed by atoms with Gasteiger partial charge in [-0.25, -0.2) is 9.59 Å². The fourth-order valence-electron chi connectivity index (χ4n) is 4.36. The molecule has 0 aromatic carbocycles. The van der Waals surface area contributed by atoms with Gasteiger partial charge in [-0.2, -0.15) is 0 Å². The molecule has 0 aliphatic heterocycles. The van der Waals surface area contributed by atoms with Crippen LogP contribution in [0, 0.1) is 23.2 Å². The average Bonchev–Trinajstić information content (AvgIpc) is 3.06. The summed E-state index contributed by atoms with van der Waals surface area (Å²) in [5, 5.41) is 11.9. The van der Waals surface area contributed by atoms with E-state index in [0.29, 0.717) is 17.8 Å². The van der Waals surface area contributed by atoms with E-state index in [1.807, 2.05) is 6.08 Å². The standard InChI is InChI=1S/C19H31NO4/c1-5-6-7-8-14-12-9-10-13(11-12)15(14)24-18(23)20-16(17(21)22)19(2,3)4/h5,12-16H,1,6-11H2,2-4H3,(H,20,23)(H,21,22)/t12-,13+,14-,15-,16-/m1/s1. The van der Waals surface area contributed by atoms with Crippen molar-refractivity contribution in [3.8, 4) is 0 Å². The zero-order valence-corrected chi connectivity index (χ0v) is 15.1. The number of carboxylic acids is 1. The normalized spacial score (nSPS) is 30.0. The second kappa shape index (κ2) is 7.58. The summed E-state index contributed by atoms with van der Waals surface area (Å²) in [4.78, 5) is 23.7. The molecule has 0 aromatic heterocycles.